The highest BCUT2D eigenvalue weighted by Gasteiger charge is 2.25. The average molecular weight is 354 g/mol. The Balaban J connectivity index is 1.40. The van der Waals surface area contributed by atoms with E-state index in [1.54, 1.807) is 15.8 Å². The summed E-state index contributed by atoms with van der Waals surface area (Å²) in [5, 5.41) is 11.6. The summed E-state index contributed by atoms with van der Waals surface area (Å²) < 4.78 is 1.69. The number of urea groups is 1. The van der Waals surface area contributed by atoms with Crippen molar-refractivity contribution in [3.05, 3.63) is 76.4 Å². The Kier molecular flexibility index (Phi) is 4.11. The molecule has 1 N–H and O–H groups in total. The zero-order chi connectivity index (χ0) is 17.2. The van der Waals surface area contributed by atoms with Gasteiger partial charge in [-0.15, -0.1) is 5.10 Å². The second-order valence-corrected chi connectivity index (χ2v) is 6.36. The first-order chi connectivity index (χ1) is 12.2. The second kappa shape index (κ2) is 6.57. The molecule has 7 heteroatoms. The van der Waals surface area contributed by atoms with Crippen molar-refractivity contribution in [3.8, 4) is 0 Å². The highest BCUT2D eigenvalue weighted by atomic mass is 35.5. The quantitative estimate of drug-likeness (QED) is 0.783. The monoisotopic (exact) mass is 353 g/mol. The van der Waals surface area contributed by atoms with Gasteiger partial charge in [0.1, 0.15) is 0 Å². The minimum absolute atomic E-state index is 0.209. The molecule has 1 aliphatic rings. The number of nitrogens with one attached hydrogen (secondary N) is 1. The van der Waals surface area contributed by atoms with Gasteiger partial charge in [0.25, 0.3) is 0 Å². The van der Waals surface area contributed by atoms with E-state index in [2.05, 4.69) is 15.6 Å². The Morgan fingerprint density at radius 3 is 2.76 bits per heavy atom. The summed E-state index contributed by atoms with van der Waals surface area (Å²) in [6.07, 6.45) is 1.72. The molecule has 126 valence electrons. The maximum absolute atomic E-state index is 12.5. The van der Waals surface area contributed by atoms with Crippen LogP contribution in [0.3, 0.4) is 0 Å². The maximum Gasteiger partial charge on any atom is 0.323 e. The molecule has 1 aliphatic heterocycles. The molecule has 0 spiro atoms. The van der Waals surface area contributed by atoms with Gasteiger partial charge in [-0.05, 0) is 22.8 Å². The van der Waals surface area contributed by atoms with Crippen LogP contribution in [0.4, 0.5) is 10.6 Å². The number of anilines is 1. The summed E-state index contributed by atoms with van der Waals surface area (Å²) in [5.41, 5.74) is 3.21. The average Bonchev–Trinajstić information content (AvgIpc) is 3.23. The Bertz CT molecular complexity index is 909. The van der Waals surface area contributed by atoms with E-state index in [1.807, 2.05) is 48.5 Å². The van der Waals surface area contributed by atoms with E-state index in [4.69, 9.17) is 11.6 Å². The van der Waals surface area contributed by atoms with E-state index >= 15 is 0 Å². The number of fused-ring (bicyclic) bond motifs is 1. The SMILES string of the molecule is O=C(Nc1cn(Cc2ccccc2)nn1)N1Cc2cccc(Cl)c2C1. The van der Waals surface area contributed by atoms with Crippen LogP contribution in [0.2, 0.25) is 5.02 Å². The van der Waals surface area contributed by atoms with Crippen LogP contribution < -0.4 is 5.32 Å². The first-order valence-electron chi connectivity index (χ1n) is 7.95. The summed E-state index contributed by atoms with van der Waals surface area (Å²) >= 11 is 6.20. The lowest BCUT2D eigenvalue weighted by molar-refractivity contribution is 0.212. The van der Waals surface area contributed by atoms with Crippen LogP contribution in [0.1, 0.15) is 16.7 Å². The Labute approximate surface area is 150 Å². The van der Waals surface area contributed by atoms with Gasteiger partial charge < -0.3 is 4.90 Å². The molecule has 0 aliphatic carbocycles. The summed E-state index contributed by atoms with van der Waals surface area (Å²) in [6, 6.07) is 15.5. The standard InChI is InChI=1S/C18H16ClN5O/c19-16-8-4-7-14-10-23(11-15(14)16)18(25)20-17-12-24(22-21-17)9-13-5-2-1-3-6-13/h1-8,12H,9-11H2,(H,20,25). The number of hydrogen-bond acceptors (Lipinski definition) is 3. The zero-order valence-corrected chi connectivity index (χ0v) is 14.1. The van der Waals surface area contributed by atoms with Crippen molar-refractivity contribution >= 4 is 23.4 Å². The van der Waals surface area contributed by atoms with Crippen LogP contribution in [-0.2, 0) is 19.6 Å². The van der Waals surface area contributed by atoms with Gasteiger partial charge >= 0.3 is 6.03 Å². The number of hydrogen-bond donors (Lipinski definition) is 1. The molecular weight excluding hydrogens is 338 g/mol. The molecule has 0 saturated carbocycles. The van der Waals surface area contributed by atoms with Crippen LogP contribution in [0.15, 0.2) is 54.7 Å². The summed E-state index contributed by atoms with van der Waals surface area (Å²) in [7, 11) is 0. The van der Waals surface area contributed by atoms with Crippen molar-refractivity contribution in [2.45, 2.75) is 19.6 Å². The number of benzene rings is 2. The predicted molar refractivity (Wildman–Crippen MR) is 95.3 cm³/mol. The van der Waals surface area contributed by atoms with Crippen LogP contribution >= 0.6 is 11.6 Å². The summed E-state index contributed by atoms with van der Waals surface area (Å²) in [5.74, 6) is 0.433. The van der Waals surface area contributed by atoms with Crippen LogP contribution in [0.25, 0.3) is 0 Å². The Morgan fingerprint density at radius 2 is 1.96 bits per heavy atom. The normalized spacial score (nSPS) is 12.9. The number of carbonyl (C=O) groups excluding carboxylic acids is 1. The molecule has 3 aromatic rings. The van der Waals surface area contributed by atoms with Crippen LogP contribution in [0.5, 0.6) is 0 Å². The molecule has 0 saturated heterocycles. The van der Waals surface area contributed by atoms with Gasteiger partial charge in [0.05, 0.1) is 12.7 Å². The first-order valence-corrected chi connectivity index (χ1v) is 8.33. The van der Waals surface area contributed by atoms with E-state index in [-0.39, 0.29) is 6.03 Å². The Morgan fingerprint density at radius 1 is 1.12 bits per heavy atom. The van der Waals surface area contributed by atoms with Crippen molar-refractivity contribution in [1.82, 2.24) is 19.9 Å². The number of amides is 2. The second-order valence-electron chi connectivity index (χ2n) is 5.95. The largest absolute Gasteiger partial charge is 0.323 e. The van der Waals surface area contributed by atoms with Gasteiger partial charge in [-0.1, -0.05) is 59.3 Å². The predicted octanol–water partition coefficient (Wildman–Crippen LogP) is 3.53. The zero-order valence-electron chi connectivity index (χ0n) is 13.4. The third kappa shape index (κ3) is 3.34. The topological polar surface area (TPSA) is 63.1 Å². The summed E-state index contributed by atoms with van der Waals surface area (Å²) in [6.45, 7) is 1.65. The molecule has 2 aromatic carbocycles. The van der Waals surface area contributed by atoms with E-state index in [1.165, 1.54) is 0 Å². The van der Waals surface area contributed by atoms with Crippen LogP contribution in [-0.4, -0.2) is 25.9 Å². The first kappa shape index (κ1) is 15.7. The summed E-state index contributed by atoms with van der Waals surface area (Å²) in [4.78, 5) is 14.2. The lowest BCUT2D eigenvalue weighted by Gasteiger charge is -2.14. The Hall–Kier alpha value is -2.86. The van der Waals surface area contributed by atoms with Crippen molar-refractivity contribution in [1.29, 1.82) is 0 Å². The van der Waals surface area contributed by atoms with Crippen molar-refractivity contribution in [2.24, 2.45) is 0 Å². The fourth-order valence-electron chi connectivity index (χ4n) is 2.92. The van der Waals surface area contributed by atoms with Crippen molar-refractivity contribution < 1.29 is 4.79 Å². The molecule has 25 heavy (non-hydrogen) atoms. The third-order valence-corrected chi connectivity index (χ3v) is 4.53. The molecule has 6 nitrogen and oxygen atoms in total. The molecule has 0 fully saturated rings. The molecule has 2 amide bonds. The van der Waals surface area contributed by atoms with Gasteiger partial charge in [0, 0.05) is 18.1 Å². The van der Waals surface area contributed by atoms with Gasteiger partial charge in [-0.2, -0.15) is 0 Å². The van der Waals surface area contributed by atoms with Crippen molar-refractivity contribution in [3.63, 3.8) is 0 Å². The fraction of sp³-hybridized carbons (Fsp3) is 0.167. The number of aromatic nitrogens is 3. The minimum atomic E-state index is -0.209. The molecule has 0 bridgehead atoms. The third-order valence-electron chi connectivity index (χ3n) is 4.17. The molecule has 0 atom stereocenters. The van der Waals surface area contributed by atoms with E-state index in [9.17, 15) is 4.79 Å². The van der Waals surface area contributed by atoms with Gasteiger partial charge in [0.2, 0.25) is 0 Å². The van der Waals surface area contributed by atoms with Gasteiger partial charge in [-0.3, -0.25) is 5.32 Å². The highest BCUT2D eigenvalue weighted by molar-refractivity contribution is 6.31. The molecule has 2 heterocycles. The number of halogens is 1. The minimum Gasteiger partial charge on any atom is -0.316 e. The number of carbonyl (C=O) groups is 1. The van der Waals surface area contributed by atoms with Gasteiger partial charge in [0.15, 0.2) is 5.82 Å². The molecule has 1 aromatic heterocycles. The highest BCUT2D eigenvalue weighted by Crippen LogP contribution is 2.29. The molecular formula is C18H16ClN5O. The fourth-order valence-corrected chi connectivity index (χ4v) is 3.17. The maximum atomic E-state index is 12.5. The van der Waals surface area contributed by atoms with E-state index in [0.717, 1.165) is 16.7 Å². The number of nitrogens with zero attached hydrogens (tertiary/aromatic N) is 4. The molecule has 4 rings (SSSR count). The molecule has 0 unspecified atom stereocenters. The van der Waals surface area contributed by atoms with E-state index in [0.29, 0.717) is 30.5 Å². The van der Waals surface area contributed by atoms with E-state index < -0.39 is 0 Å². The molecule has 0 radical (unpaired) electrons. The number of rotatable bonds is 3. The lowest BCUT2D eigenvalue weighted by atomic mass is 10.1. The van der Waals surface area contributed by atoms with Gasteiger partial charge in [-0.25, -0.2) is 9.48 Å². The van der Waals surface area contributed by atoms with Crippen LogP contribution in [0, 0.1) is 0 Å². The smallest absolute Gasteiger partial charge is 0.316 e. The lowest BCUT2D eigenvalue weighted by Crippen LogP contribution is -2.30. The van der Waals surface area contributed by atoms with Crippen molar-refractivity contribution in [2.75, 3.05) is 5.32 Å².